The van der Waals surface area contributed by atoms with Crippen molar-refractivity contribution in [2.45, 2.75) is 6.92 Å². The number of carbonyl (C=O) groups excluding carboxylic acids is 1. The minimum absolute atomic E-state index is 0.0116. The monoisotopic (exact) mass is 265 g/mol. The van der Waals surface area contributed by atoms with Crippen molar-refractivity contribution in [3.8, 4) is 0 Å². The fourth-order valence-electron chi connectivity index (χ4n) is 1.41. The van der Waals surface area contributed by atoms with E-state index in [9.17, 15) is 9.18 Å². The molecule has 1 N–H and O–H groups in total. The number of nitrogens with one attached hydrogen (secondary N) is 1. The molecule has 1 aromatic heterocycles. The highest BCUT2D eigenvalue weighted by Gasteiger charge is 2.13. The molecule has 1 heterocycles. The van der Waals surface area contributed by atoms with Gasteiger partial charge in [0.05, 0.1) is 5.56 Å². The standard InChI is InChI=1S/C12H9ClFN3O/c1-7-3-2-4-8(10(7)14)11(18)16-9-5-6-15-12(13)17-9/h2-6H,1H3,(H,15,16,17,18). The quantitative estimate of drug-likeness (QED) is 0.850. The van der Waals surface area contributed by atoms with Crippen LogP contribution in [0.2, 0.25) is 5.28 Å². The van der Waals surface area contributed by atoms with Crippen LogP contribution < -0.4 is 5.32 Å². The van der Waals surface area contributed by atoms with E-state index in [1.807, 2.05) is 0 Å². The fraction of sp³-hybridized carbons (Fsp3) is 0.0833. The maximum Gasteiger partial charge on any atom is 0.259 e. The average molecular weight is 266 g/mol. The zero-order chi connectivity index (χ0) is 13.1. The lowest BCUT2D eigenvalue weighted by Gasteiger charge is -2.06. The molecule has 0 saturated heterocycles. The Bertz CT molecular complexity index is 604. The van der Waals surface area contributed by atoms with Crippen molar-refractivity contribution in [2.24, 2.45) is 0 Å². The van der Waals surface area contributed by atoms with Gasteiger partial charge in [-0.05, 0) is 36.2 Å². The van der Waals surface area contributed by atoms with Crippen molar-refractivity contribution in [3.05, 3.63) is 52.7 Å². The molecule has 1 aromatic carbocycles. The summed E-state index contributed by atoms with van der Waals surface area (Å²) in [5, 5.41) is 2.46. The molecule has 0 bridgehead atoms. The van der Waals surface area contributed by atoms with Crippen LogP contribution in [0.3, 0.4) is 0 Å². The highest BCUT2D eigenvalue weighted by Crippen LogP contribution is 2.14. The topological polar surface area (TPSA) is 54.9 Å². The van der Waals surface area contributed by atoms with Gasteiger partial charge in [0, 0.05) is 6.20 Å². The van der Waals surface area contributed by atoms with Crippen molar-refractivity contribution in [3.63, 3.8) is 0 Å². The molecule has 0 unspecified atom stereocenters. The molecule has 92 valence electrons. The SMILES string of the molecule is Cc1cccc(C(=O)Nc2ccnc(Cl)n2)c1F. The number of benzene rings is 1. The van der Waals surface area contributed by atoms with Crippen LogP contribution in [0.15, 0.2) is 30.5 Å². The largest absolute Gasteiger partial charge is 0.306 e. The number of aryl methyl sites for hydroxylation is 1. The van der Waals surface area contributed by atoms with Crippen LogP contribution in [0, 0.1) is 12.7 Å². The second kappa shape index (κ2) is 5.10. The van der Waals surface area contributed by atoms with Gasteiger partial charge in [0.2, 0.25) is 5.28 Å². The maximum atomic E-state index is 13.7. The number of amides is 1. The molecule has 0 aliphatic rings. The Labute approximate surface area is 108 Å². The maximum absolute atomic E-state index is 13.7. The van der Waals surface area contributed by atoms with Crippen molar-refractivity contribution in [1.29, 1.82) is 0 Å². The summed E-state index contributed by atoms with van der Waals surface area (Å²) in [6.07, 6.45) is 1.40. The number of nitrogens with zero attached hydrogens (tertiary/aromatic N) is 2. The van der Waals surface area contributed by atoms with Gasteiger partial charge in [-0.25, -0.2) is 14.4 Å². The average Bonchev–Trinajstić information content (AvgIpc) is 2.32. The molecule has 0 atom stereocenters. The van der Waals surface area contributed by atoms with Crippen LogP contribution in [-0.2, 0) is 0 Å². The van der Waals surface area contributed by atoms with E-state index in [0.29, 0.717) is 5.56 Å². The van der Waals surface area contributed by atoms with E-state index in [2.05, 4.69) is 15.3 Å². The first-order chi connectivity index (χ1) is 8.58. The Morgan fingerprint density at radius 3 is 2.89 bits per heavy atom. The minimum Gasteiger partial charge on any atom is -0.306 e. The highest BCUT2D eigenvalue weighted by atomic mass is 35.5. The zero-order valence-corrected chi connectivity index (χ0v) is 10.2. The van der Waals surface area contributed by atoms with E-state index in [4.69, 9.17) is 11.6 Å². The van der Waals surface area contributed by atoms with Crippen molar-refractivity contribution in [1.82, 2.24) is 9.97 Å². The molecule has 0 aliphatic heterocycles. The van der Waals surface area contributed by atoms with Gasteiger partial charge in [-0.3, -0.25) is 4.79 Å². The normalized spacial score (nSPS) is 10.2. The zero-order valence-electron chi connectivity index (χ0n) is 9.45. The number of hydrogen-bond acceptors (Lipinski definition) is 3. The number of aromatic nitrogens is 2. The second-order valence-corrected chi connectivity index (χ2v) is 3.94. The first kappa shape index (κ1) is 12.4. The van der Waals surface area contributed by atoms with Crippen LogP contribution in [0.4, 0.5) is 10.2 Å². The van der Waals surface area contributed by atoms with E-state index in [-0.39, 0.29) is 16.7 Å². The van der Waals surface area contributed by atoms with Crippen LogP contribution in [0.1, 0.15) is 15.9 Å². The summed E-state index contributed by atoms with van der Waals surface area (Å²) in [6.45, 7) is 1.59. The molecule has 6 heteroatoms. The molecule has 0 spiro atoms. The first-order valence-corrected chi connectivity index (χ1v) is 5.51. The number of rotatable bonds is 2. The number of carbonyl (C=O) groups is 1. The van der Waals surface area contributed by atoms with E-state index in [1.54, 1.807) is 19.1 Å². The number of anilines is 1. The van der Waals surface area contributed by atoms with Crippen LogP contribution in [-0.4, -0.2) is 15.9 Å². The van der Waals surface area contributed by atoms with Gasteiger partial charge in [0.25, 0.3) is 5.91 Å². The van der Waals surface area contributed by atoms with Gasteiger partial charge in [-0.15, -0.1) is 0 Å². The number of halogens is 2. The Hall–Kier alpha value is -2.01. The van der Waals surface area contributed by atoms with Crippen molar-refractivity contribution in [2.75, 3.05) is 5.32 Å². The van der Waals surface area contributed by atoms with Crippen LogP contribution >= 0.6 is 11.6 Å². The van der Waals surface area contributed by atoms with Crippen LogP contribution in [0.5, 0.6) is 0 Å². The van der Waals surface area contributed by atoms with Crippen molar-refractivity contribution >= 4 is 23.3 Å². The summed E-state index contributed by atoms with van der Waals surface area (Å²) >= 11 is 5.58. The Morgan fingerprint density at radius 1 is 1.39 bits per heavy atom. The van der Waals surface area contributed by atoms with E-state index in [0.717, 1.165) is 0 Å². The molecule has 0 radical (unpaired) electrons. The fourth-order valence-corrected chi connectivity index (χ4v) is 1.56. The molecular formula is C12H9ClFN3O. The Balaban J connectivity index is 2.25. The number of hydrogen-bond donors (Lipinski definition) is 1. The third-order valence-corrected chi connectivity index (χ3v) is 2.49. The van der Waals surface area contributed by atoms with Gasteiger partial charge in [-0.1, -0.05) is 12.1 Å². The molecule has 0 saturated carbocycles. The van der Waals surface area contributed by atoms with Gasteiger partial charge in [-0.2, -0.15) is 0 Å². The molecule has 18 heavy (non-hydrogen) atoms. The van der Waals surface area contributed by atoms with E-state index < -0.39 is 11.7 Å². The summed E-state index contributed by atoms with van der Waals surface area (Å²) in [5.41, 5.74) is 0.369. The smallest absolute Gasteiger partial charge is 0.259 e. The summed E-state index contributed by atoms with van der Waals surface area (Å²) in [5.74, 6) is -0.901. The predicted molar refractivity (Wildman–Crippen MR) is 66.1 cm³/mol. The molecule has 4 nitrogen and oxygen atoms in total. The first-order valence-electron chi connectivity index (χ1n) is 5.13. The second-order valence-electron chi connectivity index (χ2n) is 3.60. The lowest BCUT2D eigenvalue weighted by Crippen LogP contribution is -2.15. The minimum atomic E-state index is -0.578. The van der Waals surface area contributed by atoms with E-state index in [1.165, 1.54) is 18.3 Å². The molecule has 0 fully saturated rings. The van der Waals surface area contributed by atoms with Gasteiger partial charge < -0.3 is 5.32 Å². The predicted octanol–water partition coefficient (Wildman–Crippen LogP) is 2.83. The van der Waals surface area contributed by atoms with Gasteiger partial charge >= 0.3 is 0 Å². The molecule has 2 rings (SSSR count). The Morgan fingerprint density at radius 2 is 2.17 bits per heavy atom. The lowest BCUT2D eigenvalue weighted by atomic mass is 10.1. The summed E-state index contributed by atoms with van der Waals surface area (Å²) < 4.78 is 13.7. The summed E-state index contributed by atoms with van der Waals surface area (Å²) in [7, 11) is 0. The summed E-state index contributed by atoms with van der Waals surface area (Å²) in [6, 6.07) is 6.08. The third-order valence-electron chi connectivity index (χ3n) is 2.30. The van der Waals surface area contributed by atoms with Gasteiger partial charge in [0.15, 0.2) is 0 Å². The third kappa shape index (κ3) is 2.62. The lowest BCUT2D eigenvalue weighted by molar-refractivity contribution is 0.102. The van der Waals surface area contributed by atoms with Crippen LogP contribution in [0.25, 0.3) is 0 Å². The van der Waals surface area contributed by atoms with Gasteiger partial charge in [0.1, 0.15) is 11.6 Å². The van der Waals surface area contributed by atoms with E-state index >= 15 is 0 Å². The Kier molecular flexibility index (Phi) is 3.53. The molecular weight excluding hydrogens is 257 g/mol. The summed E-state index contributed by atoms with van der Waals surface area (Å²) in [4.78, 5) is 19.3. The molecule has 0 aliphatic carbocycles. The molecule has 2 aromatic rings. The highest BCUT2D eigenvalue weighted by molar-refractivity contribution is 6.28. The van der Waals surface area contributed by atoms with Crippen molar-refractivity contribution < 1.29 is 9.18 Å². The molecule has 1 amide bonds.